The van der Waals surface area contributed by atoms with Crippen molar-refractivity contribution >= 4 is 11.6 Å². The third-order valence-corrected chi connectivity index (χ3v) is 1.79. The number of nitrogens with two attached hydrogens (primary N) is 1. The van der Waals surface area contributed by atoms with E-state index in [2.05, 4.69) is 35.9 Å². The van der Waals surface area contributed by atoms with Crippen LogP contribution in [0.1, 0.15) is 18.8 Å². The second-order valence-electron chi connectivity index (χ2n) is 2.96. The summed E-state index contributed by atoms with van der Waals surface area (Å²) >= 11 is 0. The molecule has 15 heavy (non-hydrogen) atoms. The van der Waals surface area contributed by atoms with E-state index in [1.807, 2.05) is 6.92 Å². The van der Waals surface area contributed by atoms with Gasteiger partial charge in [-0.15, -0.1) is 10.2 Å². The van der Waals surface area contributed by atoms with E-state index < -0.39 is 0 Å². The van der Waals surface area contributed by atoms with Crippen LogP contribution in [0.25, 0.3) is 0 Å². The van der Waals surface area contributed by atoms with Gasteiger partial charge >= 0.3 is 0 Å². The third kappa shape index (κ3) is 2.16. The molecule has 78 valence electrons. The molecule has 2 heterocycles. The number of hydrogen-bond donors (Lipinski definition) is 3. The van der Waals surface area contributed by atoms with Gasteiger partial charge in [-0.2, -0.15) is 5.21 Å². The van der Waals surface area contributed by atoms with E-state index in [4.69, 9.17) is 5.73 Å². The fourth-order valence-electron chi connectivity index (χ4n) is 1.05. The number of nitrogens with one attached hydrogen (secondary N) is 2. The molecule has 4 N–H and O–H groups in total. The normalized spacial score (nSPS) is 12.3. The molecule has 1 atom stereocenters. The summed E-state index contributed by atoms with van der Waals surface area (Å²) in [4.78, 5) is 7.95. The van der Waals surface area contributed by atoms with E-state index in [0.29, 0.717) is 17.5 Å². The predicted octanol–water partition coefficient (Wildman–Crippen LogP) is -0.255. The Kier molecular flexibility index (Phi) is 2.40. The van der Waals surface area contributed by atoms with E-state index in [1.54, 1.807) is 6.20 Å². The van der Waals surface area contributed by atoms with Crippen LogP contribution in [0.15, 0.2) is 12.4 Å². The van der Waals surface area contributed by atoms with Crippen LogP contribution in [0.3, 0.4) is 0 Å². The SMILES string of the molecule is CC(Nc1cnc(N)cn1)c1nn[nH]n1. The summed E-state index contributed by atoms with van der Waals surface area (Å²) in [7, 11) is 0. The monoisotopic (exact) mass is 206 g/mol. The Morgan fingerprint density at radius 3 is 2.87 bits per heavy atom. The van der Waals surface area contributed by atoms with Crippen LogP contribution < -0.4 is 11.1 Å². The first-order chi connectivity index (χ1) is 7.25. The summed E-state index contributed by atoms with van der Waals surface area (Å²) < 4.78 is 0. The van der Waals surface area contributed by atoms with Gasteiger partial charge in [0, 0.05) is 0 Å². The van der Waals surface area contributed by atoms with E-state index >= 15 is 0 Å². The second-order valence-corrected chi connectivity index (χ2v) is 2.96. The molecule has 2 rings (SSSR count). The van der Waals surface area contributed by atoms with Crippen molar-refractivity contribution in [1.82, 2.24) is 30.6 Å². The van der Waals surface area contributed by atoms with E-state index in [-0.39, 0.29) is 6.04 Å². The van der Waals surface area contributed by atoms with Crippen LogP contribution in [-0.2, 0) is 0 Å². The molecule has 0 amide bonds. The lowest BCUT2D eigenvalue weighted by Crippen LogP contribution is -2.10. The molecule has 2 aromatic heterocycles. The average Bonchev–Trinajstić information content (AvgIpc) is 2.74. The van der Waals surface area contributed by atoms with Gasteiger partial charge < -0.3 is 11.1 Å². The molecule has 8 heteroatoms. The highest BCUT2D eigenvalue weighted by Crippen LogP contribution is 2.12. The second kappa shape index (κ2) is 3.86. The van der Waals surface area contributed by atoms with Gasteiger partial charge in [0.25, 0.3) is 0 Å². The van der Waals surface area contributed by atoms with Crippen molar-refractivity contribution in [3.63, 3.8) is 0 Å². The van der Waals surface area contributed by atoms with Crippen LogP contribution in [0.4, 0.5) is 11.6 Å². The van der Waals surface area contributed by atoms with Crippen molar-refractivity contribution in [3.8, 4) is 0 Å². The Morgan fingerprint density at radius 1 is 1.40 bits per heavy atom. The Balaban J connectivity index is 2.06. The number of nitrogens with zero attached hydrogens (tertiary/aromatic N) is 5. The number of tetrazole rings is 1. The zero-order valence-electron chi connectivity index (χ0n) is 8.05. The summed E-state index contributed by atoms with van der Waals surface area (Å²) in [5, 5.41) is 16.6. The number of aromatic amines is 1. The molecule has 0 aliphatic heterocycles. The molecule has 1 unspecified atom stereocenters. The first-order valence-electron chi connectivity index (χ1n) is 4.33. The standard InChI is InChI=1S/C7H10N8/c1-4(7-12-14-15-13-7)11-6-3-9-5(8)2-10-6/h2-4H,1H3,(H2,8,9)(H,10,11)(H,12,13,14,15). The van der Waals surface area contributed by atoms with Gasteiger partial charge in [0.2, 0.25) is 0 Å². The minimum Gasteiger partial charge on any atom is -0.382 e. The third-order valence-electron chi connectivity index (χ3n) is 1.79. The molecule has 0 aromatic carbocycles. The lowest BCUT2D eigenvalue weighted by Gasteiger charge is -2.09. The Morgan fingerprint density at radius 2 is 2.27 bits per heavy atom. The number of anilines is 2. The molecule has 0 spiro atoms. The van der Waals surface area contributed by atoms with Gasteiger partial charge in [0.15, 0.2) is 5.82 Å². The minimum absolute atomic E-state index is 0.0957. The van der Waals surface area contributed by atoms with Crippen molar-refractivity contribution in [2.45, 2.75) is 13.0 Å². The van der Waals surface area contributed by atoms with Crippen LogP contribution in [0.2, 0.25) is 0 Å². The molecular formula is C7H10N8. The highest BCUT2D eigenvalue weighted by Gasteiger charge is 2.10. The van der Waals surface area contributed by atoms with Crippen LogP contribution in [0, 0.1) is 0 Å². The van der Waals surface area contributed by atoms with Gasteiger partial charge in [-0.25, -0.2) is 9.97 Å². The molecule has 0 saturated heterocycles. The van der Waals surface area contributed by atoms with Gasteiger partial charge in [-0.3, -0.25) is 0 Å². The molecule has 0 fully saturated rings. The van der Waals surface area contributed by atoms with Gasteiger partial charge in [0.05, 0.1) is 18.4 Å². The van der Waals surface area contributed by atoms with E-state index in [9.17, 15) is 0 Å². The summed E-state index contributed by atoms with van der Waals surface area (Å²) in [5.74, 6) is 1.56. The smallest absolute Gasteiger partial charge is 0.196 e. The molecule has 0 aliphatic carbocycles. The maximum absolute atomic E-state index is 5.41. The highest BCUT2D eigenvalue weighted by molar-refractivity contribution is 5.37. The largest absolute Gasteiger partial charge is 0.382 e. The molecule has 0 radical (unpaired) electrons. The number of rotatable bonds is 3. The first-order valence-corrected chi connectivity index (χ1v) is 4.33. The number of nitrogen functional groups attached to an aromatic ring is 1. The lowest BCUT2D eigenvalue weighted by atomic mass is 10.3. The number of H-pyrrole nitrogens is 1. The van der Waals surface area contributed by atoms with Gasteiger partial charge in [-0.1, -0.05) is 5.21 Å². The van der Waals surface area contributed by atoms with E-state index in [1.165, 1.54) is 6.20 Å². The van der Waals surface area contributed by atoms with Crippen LogP contribution in [-0.4, -0.2) is 30.6 Å². The quantitative estimate of drug-likeness (QED) is 0.633. The molecular weight excluding hydrogens is 196 g/mol. The van der Waals surface area contributed by atoms with E-state index in [0.717, 1.165) is 0 Å². The highest BCUT2D eigenvalue weighted by atomic mass is 15.5. The number of hydrogen-bond acceptors (Lipinski definition) is 7. The lowest BCUT2D eigenvalue weighted by molar-refractivity contribution is 0.787. The summed E-state index contributed by atoms with van der Waals surface area (Å²) in [6.45, 7) is 1.89. The Hall–Kier alpha value is -2.25. The Bertz CT molecular complexity index is 407. The maximum atomic E-state index is 5.41. The van der Waals surface area contributed by atoms with Crippen LogP contribution in [0.5, 0.6) is 0 Å². The molecule has 0 bridgehead atoms. The molecule has 2 aromatic rings. The summed E-state index contributed by atoms with van der Waals surface area (Å²) in [6.07, 6.45) is 3.02. The predicted molar refractivity (Wildman–Crippen MR) is 52.7 cm³/mol. The van der Waals surface area contributed by atoms with Gasteiger partial charge in [-0.05, 0) is 6.92 Å². The minimum atomic E-state index is -0.0957. The first kappa shape index (κ1) is 9.31. The summed E-state index contributed by atoms with van der Waals surface area (Å²) in [5.41, 5.74) is 5.41. The molecule has 0 saturated carbocycles. The average molecular weight is 206 g/mol. The van der Waals surface area contributed by atoms with Gasteiger partial charge in [0.1, 0.15) is 11.6 Å². The zero-order valence-corrected chi connectivity index (χ0v) is 8.05. The molecule has 0 aliphatic rings. The maximum Gasteiger partial charge on any atom is 0.196 e. The zero-order chi connectivity index (χ0) is 10.7. The summed E-state index contributed by atoms with van der Waals surface area (Å²) in [6, 6.07) is -0.0957. The molecule has 8 nitrogen and oxygen atoms in total. The topological polar surface area (TPSA) is 118 Å². The van der Waals surface area contributed by atoms with Crippen molar-refractivity contribution in [2.75, 3.05) is 11.1 Å². The van der Waals surface area contributed by atoms with Crippen molar-refractivity contribution in [2.24, 2.45) is 0 Å². The fourth-order valence-corrected chi connectivity index (χ4v) is 1.05. The fraction of sp³-hybridized carbons (Fsp3) is 0.286. The van der Waals surface area contributed by atoms with Crippen molar-refractivity contribution < 1.29 is 0 Å². The van der Waals surface area contributed by atoms with Crippen LogP contribution >= 0.6 is 0 Å². The van der Waals surface area contributed by atoms with Crippen molar-refractivity contribution in [3.05, 3.63) is 18.2 Å². The van der Waals surface area contributed by atoms with Crippen molar-refractivity contribution in [1.29, 1.82) is 0 Å². The Labute approximate surface area is 85.3 Å². The number of aromatic nitrogens is 6.